The molecule has 1 saturated carbocycles. The second-order valence-electron chi connectivity index (χ2n) is 10.2. The largest absolute Gasteiger partial charge is 0.462 e. The fourth-order valence-electron chi connectivity index (χ4n) is 6.12. The van der Waals surface area contributed by atoms with Gasteiger partial charge < -0.3 is 24.1 Å². The number of hydrogen-bond acceptors (Lipinski definition) is 9. The lowest BCUT2D eigenvalue weighted by Crippen LogP contribution is -2.65. The van der Waals surface area contributed by atoms with Crippen LogP contribution in [0.1, 0.15) is 60.3 Å². The van der Waals surface area contributed by atoms with Crippen LogP contribution in [-0.2, 0) is 38.1 Å². The Balaban J connectivity index is 2.35. The first-order chi connectivity index (χ1) is 16.8. The molecule has 36 heavy (non-hydrogen) atoms. The predicted octanol–water partition coefficient (Wildman–Crippen LogP) is 3.01. The van der Waals surface area contributed by atoms with Gasteiger partial charge in [0.05, 0.1) is 11.3 Å². The number of ether oxygens (including phenoxy) is 4. The standard InChI is InChI=1S/C26H35ClO9/c1-13-7-9-19(33-15(3)28)25(6)20(34-16(4)29)10-8-18(12-27)11-21-26(32,14(2)24(31)36-21)23(22(13)25)35-17(5)30/h11,14,19-23,32H,1,7-10,12H2,2-6H3. The van der Waals surface area contributed by atoms with E-state index >= 15 is 0 Å². The first-order valence-corrected chi connectivity index (χ1v) is 12.7. The number of carbonyl (C=O) groups excluding carboxylic acids is 4. The molecule has 0 amide bonds. The maximum Gasteiger partial charge on any atom is 0.312 e. The third-order valence-corrected chi connectivity index (χ3v) is 8.27. The summed E-state index contributed by atoms with van der Waals surface area (Å²) >= 11 is 6.21. The van der Waals surface area contributed by atoms with Crippen molar-refractivity contribution in [3.8, 4) is 0 Å². The van der Waals surface area contributed by atoms with Crippen LogP contribution in [0.3, 0.4) is 0 Å². The maximum atomic E-state index is 12.8. The summed E-state index contributed by atoms with van der Waals surface area (Å²) in [7, 11) is 0. The van der Waals surface area contributed by atoms with Gasteiger partial charge >= 0.3 is 23.9 Å². The summed E-state index contributed by atoms with van der Waals surface area (Å²) in [5.41, 5.74) is -1.90. The molecule has 0 aromatic heterocycles. The van der Waals surface area contributed by atoms with Gasteiger partial charge in [0.25, 0.3) is 0 Å². The van der Waals surface area contributed by atoms with Crippen LogP contribution < -0.4 is 0 Å². The summed E-state index contributed by atoms with van der Waals surface area (Å²) in [6.07, 6.45) is -1.01. The highest BCUT2D eigenvalue weighted by molar-refractivity contribution is 6.19. The van der Waals surface area contributed by atoms with Crippen molar-refractivity contribution in [2.24, 2.45) is 17.3 Å². The molecule has 3 aliphatic rings. The molecular weight excluding hydrogens is 492 g/mol. The highest BCUT2D eigenvalue weighted by atomic mass is 35.5. The van der Waals surface area contributed by atoms with Crippen LogP contribution in [0.4, 0.5) is 0 Å². The van der Waals surface area contributed by atoms with Crippen LogP contribution in [0.15, 0.2) is 23.8 Å². The molecule has 8 unspecified atom stereocenters. The fourth-order valence-corrected chi connectivity index (χ4v) is 6.34. The SMILES string of the molecule is C=C1CCC(OC(C)=O)C2(C)C(OC(C)=O)CCC(CCl)=CC3OC(=O)C(C)C3(O)C(OC(C)=O)C12. The van der Waals surface area contributed by atoms with E-state index in [0.717, 1.165) is 0 Å². The minimum Gasteiger partial charge on any atom is -0.462 e. The van der Waals surface area contributed by atoms with E-state index in [-0.39, 0.29) is 5.88 Å². The quantitative estimate of drug-likeness (QED) is 0.254. The van der Waals surface area contributed by atoms with Gasteiger partial charge in [-0.2, -0.15) is 0 Å². The molecule has 8 atom stereocenters. The zero-order valence-electron chi connectivity index (χ0n) is 21.4. The average molecular weight is 527 g/mol. The number of hydrogen-bond donors (Lipinski definition) is 1. The Kier molecular flexibility index (Phi) is 8.25. The number of carbonyl (C=O) groups is 4. The van der Waals surface area contributed by atoms with Crippen molar-refractivity contribution in [3.63, 3.8) is 0 Å². The van der Waals surface area contributed by atoms with Crippen LogP contribution in [0.5, 0.6) is 0 Å². The molecule has 1 heterocycles. The normalized spacial score (nSPS) is 38.6. The molecule has 1 N–H and O–H groups in total. The van der Waals surface area contributed by atoms with Crippen molar-refractivity contribution in [3.05, 3.63) is 23.8 Å². The number of esters is 4. The van der Waals surface area contributed by atoms with Gasteiger partial charge in [-0.05, 0) is 38.7 Å². The number of allylic oxidation sites excluding steroid dienone is 1. The second kappa shape index (κ2) is 10.5. The Labute approximate surface area is 216 Å². The molecule has 2 aliphatic carbocycles. The summed E-state index contributed by atoms with van der Waals surface area (Å²) < 4.78 is 23.0. The molecule has 3 rings (SSSR count). The van der Waals surface area contributed by atoms with Crippen LogP contribution in [-0.4, -0.2) is 64.9 Å². The van der Waals surface area contributed by atoms with Gasteiger partial charge in [-0.1, -0.05) is 24.6 Å². The zero-order valence-corrected chi connectivity index (χ0v) is 22.1. The van der Waals surface area contributed by atoms with E-state index in [1.54, 1.807) is 13.0 Å². The molecule has 0 bridgehead atoms. The van der Waals surface area contributed by atoms with Gasteiger partial charge in [0.15, 0.2) is 11.7 Å². The Morgan fingerprint density at radius 3 is 2.11 bits per heavy atom. The van der Waals surface area contributed by atoms with E-state index in [1.807, 2.05) is 0 Å². The molecule has 9 nitrogen and oxygen atoms in total. The number of alkyl halides is 1. The number of aliphatic hydroxyl groups is 1. The summed E-state index contributed by atoms with van der Waals surface area (Å²) in [6.45, 7) is 11.3. The summed E-state index contributed by atoms with van der Waals surface area (Å²) in [4.78, 5) is 49.6. The molecule has 0 aromatic carbocycles. The minimum absolute atomic E-state index is 0.0732. The monoisotopic (exact) mass is 526 g/mol. The number of fused-ring (bicyclic) bond motifs is 2. The zero-order chi connectivity index (χ0) is 27.0. The van der Waals surface area contributed by atoms with Gasteiger partial charge in [0.1, 0.15) is 18.3 Å². The van der Waals surface area contributed by atoms with Gasteiger partial charge in [0, 0.05) is 32.6 Å². The molecular formula is C26H35ClO9. The minimum atomic E-state index is -1.99. The Morgan fingerprint density at radius 1 is 1.08 bits per heavy atom. The fraction of sp³-hybridized carbons (Fsp3) is 0.692. The van der Waals surface area contributed by atoms with E-state index in [2.05, 4.69) is 6.58 Å². The van der Waals surface area contributed by atoms with Crippen molar-refractivity contribution in [1.82, 2.24) is 0 Å². The summed E-state index contributed by atoms with van der Waals surface area (Å²) in [5, 5.41) is 12.2. The highest BCUT2D eigenvalue weighted by Gasteiger charge is 2.67. The molecule has 1 saturated heterocycles. The van der Waals surface area contributed by atoms with Crippen LogP contribution in [0.25, 0.3) is 0 Å². The third kappa shape index (κ3) is 4.92. The lowest BCUT2D eigenvalue weighted by molar-refractivity contribution is -0.219. The summed E-state index contributed by atoms with van der Waals surface area (Å²) in [6, 6.07) is 0. The second-order valence-corrected chi connectivity index (χ2v) is 10.5. The average Bonchev–Trinajstić information content (AvgIpc) is 2.99. The van der Waals surface area contributed by atoms with E-state index in [1.165, 1.54) is 27.7 Å². The third-order valence-electron chi connectivity index (χ3n) is 7.93. The van der Waals surface area contributed by atoms with Crippen molar-refractivity contribution in [1.29, 1.82) is 0 Å². The molecule has 0 spiro atoms. The maximum absolute atomic E-state index is 12.8. The highest BCUT2D eigenvalue weighted by Crippen LogP contribution is 2.56. The smallest absolute Gasteiger partial charge is 0.312 e. The number of rotatable bonds is 4. The summed E-state index contributed by atoms with van der Waals surface area (Å²) in [5.74, 6) is -4.26. The van der Waals surface area contributed by atoms with Gasteiger partial charge in [0.2, 0.25) is 0 Å². The van der Waals surface area contributed by atoms with Crippen LogP contribution >= 0.6 is 11.6 Å². The molecule has 10 heteroatoms. The lowest BCUT2D eigenvalue weighted by atomic mass is 9.55. The molecule has 0 radical (unpaired) electrons. The van der Waals surface area contributed by atoms with Crippen molar-refractivity contribution < 1.29 is 43.2 Å². The predicted molar refractivity (Wildman–Crippen MR) is 129 cm³/mol. The molecule has 2 fully saturated rings. The molecule has 1 aliphatic heterocycles. The molecule has 0 aromatic rings. The molecule has 200 valence electrons. The Morgan fingerprint density at radius 2 is 1.61 bits per heavy atom. The first-order valence-electron chi connectivity index (χ1n) is 12.1. The number of halogens is 1. The Hall–Kier alpha value is -2.39. The van der Waals surface area contributed by atoms with E-state index in [9.17, 15) is 24.3 Å². The lowest BCUT2D eigenvalue weighted by Gasteiger charge is -2.55. The van der Waals surface area contributed by atoms with Crippen molar-refractivity contribution in [2.45, 2.75) is 90.3 Å². The van der Waals surface area contributed by atoms with E-state index in [4.69, 9.17) is 30.5 Å². The topological polar surface area (TPSA) is 125 Å². The van der Waals surface area contributed by atoms with Gasteiger partial charge in [-0.15, -0.1) is 11.6 Å². The first kappa shape index (κ1) is 28.2. The van der Waals surface area contributed by atoms with Crippen LogP contribution in [0.2, 0.25) is 0 Å². The Bertz CT molecular complexity index is 974. The van der Waals surface area contributed by atoms with Gasteiger partial charge in [-0.3, -0.25) is 19.2 Å². The van der Waals surface area contributed by atoms with Crippen LogP contribution in [0, 0.1) is 17.3 Å². The van der Waals surface area contributed by atoms with Crippen molar-refractivity contribution in [2.75, 3.05) is 5.88 Å². The van der Waals surface area contributed by atoms with Crippen molar-refractivity contribution >= 4 is 35.5 Å². The van der Waals surface area contributed by atoms with Gasteiger partial charge in [-0.25, -0.2) is 0 Å². The van der Waals surface area contributed by atoms with E-state index < -0.39 is 71.1 Å². The van der Waals surface area contributed by atoms with E-state index in [0.29, 0.717) is 36.8 Å².